The molecule has 398 valence electrons. The number of likely N-dealkylation sites (tertiary alicyclic amines) is 2. The van der Waals surface area contributed by atoms with Gasteiger partial charge in [-0.2, -0.15) is 5.26 Å². The minimum absolute atomic E-state index is 0.0951. The Kier molecular flexibility index (Phi) is 20.3. The molecule has 3 aromatic carbocycles. The fraction of sp³-hybridized carbons (Fsp3) is 0.614. The smallest absolute Gasteiger partial charge is 0.251 e. The minimum Gasteiger partial charge on any atom is -0.491 e. The van der Waals surface area contributed by atoms with E-state index in [0.717, 1.165) is 82.6 Å². The van der Waals surface area contributed by atoms with E-state index < -0.39 is 6.04 Å². The summed E-state index contributed by atoms with van der Waals surface area (Å²) in [5, 5.41) is 22.3. The summed E-state index contributed by atoms with van der Waals surface area (Å²) in [4.78, 5) is 45.2. The first kappa shape index (κ1) is 55.8. The van der Waals surface area contributed by atoms with Crippen LogP contribution in [-0.4, -0.2) is 144 Å². The van der Waals surface area contributed by atoms with Gasteiger partial charge in [-0.1, -0.05) is 70.7 Å². The summed E-state index contributed by atoms with van der Waals surface area (Å²) in [5.74, 6) is 2.03. The average molecular weight is 1030 g/mol. The number of nitrogens with zero attached hydrogens (tertiary/aromatic N) is 3. The number of carbonyl (C=O) groups excluding carboxylic acids is 3. The van der Waals surface area contributed by atoms with Crippen LogP contribution in [-0.2, 0) is 30.2 Å². The number of ether oxygens (including phenoxy) is 5. The first-order valence-corrected chi connectivity index (χ1v) is 27.0. The van der Waals surface area contributed by atoms with E-state index in [2.05, 4.69) is 77.0 Å². The number of hydrogen-bond acceptors (Lipinski definition) is 12. The highest BCUT2D eigenvalue weighted by molar-refractivity contribution is 6.31. The maximum Gasteiger partial charge on any atom is 0.251 e. The van der Waals surface area contributed by atoms with Crippen LogP contribution >= 0.6 is 11.6 Å². The van der Waals surface area contributed by atoms with Gasteiger partial charge in [-0.05, 0) is 119 Å². The molecular weight excluding hydrogens is 946 g/mol. The number of amides is 3. The molecule has 0 unspecified atom stereocenters. The van der Waals surface area contributed by atoms with Crippen molar-refractivity contribution in [3.05, 3.63) is 88.4 Å². The number of piperidine rings is 1. The summed E-state index contributed by atoms with van der Waals surface area (Å²) >= 11 is 6.24. The molecule has 73 heavy (non-hydrogen) atoms. The van der Waals surface area contributed by atoms with Crippen LogP contribution in [0.4, 0.5) is 5.69 Å². The molecule has 7 rings (SSSR count). The van der Waals surface area contributed by atoms with Gasteiger partial charge in [-0.3, -0.25) is 14.4 Å². The zero-order valence-corrected chi connectivity index (χ0v) is 44.8. The molecule has 15 nitrogen and oxygen atoms in total. The summed E-state index contributed by atoms with van der Waals surface area (Å²) in [6.45, 7) is 17.7. The van der Waals surface area contributed by atoms with Gasteiger partial charge in [0.2, 0.25) is 11.8 Å². The van der Waals surface area contributed by atoms with Crippen LogP contribution in [0.2, 0.25) is 5.02 Å². The standard InChI is InChI=1S/C57H80ClN7O8/c1-39(60-6)51(66)62-50(42-10-8-7-9-11-42)53(68)65-28-24-41-23-27-64(38-49(41)65)26-22-40-12-19-46(20-13-40)72-35-34-71-33-32-70-31-30-69-29-25-61-45-17-14-43(15-18-45)52(67)63-54-56(2,3)55(57(54,4)5)73-47-21-16-44(37-59)48(58)36-47/h12-21,36,39,41-42,49-50,54-55,60-61H,7-11,22-35,38H2,1-6H3,(H,62,66)(H,63,67)/t39-,41-,49-,50-,54?,55?/m0/s1. The Balaban J connectivity index is 0.701. The average Bonchev–Trinajstić information content (AvgIpc) is 3.83. The molecule has 3 aromatic rings. The van der Waals surface area contributed by atoms with Crippen molar-refractivity contribution in [2.24, 2.45) is 22.7 Å². The molecular formula is C57H80ClN7O8. The van der Waals surface area contributed by atoms with E-state index >= 15 is 0 Å². The van der Waals surface area contributed by atoms with E-state index in [1.54, 1.807) is 25.2 Å². The van der Waals surface area contributed by atoms with Crippen molar-refractivity contribution in [2.75, 3.05) is 91.3 Å². The molecule has 2 saturated carbocycles. The highest BCUT2D eigenvalue weighted by atomic mass is 35.5. The minimum atomic E-state index is -0.441. The van der Waals surface area contributed by atoms with Gasteiger partial charge in [0.25, 0.3) is 5.91 Å². The van der Waals surface area contributed by atoms with Crippen LogP contribution in [0.3, 0.4) is 0 Å². The Morgan fingerprint density at radius 3 is 2.11 bits per heavy atom. The Labute approximate surface area is 438 Å². The lowest BCUT2D eigenvalue weighted by atomic mass is 9.49. The highest BCUT2D eigenvalue weighted by Crippen LogP contribution is 2.55. The van der Waals surface area contributed by atoms with Crippen molar-refractivity contribution < 1.29 is 38.1 Å². The number of rotatable bonds is 26. The maximum atomic E-state index is 14.2. The van der Waals surface area contributed by atoms with Crippen LogP contribution in [0.1, 0.15) is 101 Å². The summed E-state index contributed by atoms with van der Waals surface area (Å²) < 4.78 is 29.4. The van der Waals surface area contributed by atoms with Crippen molar-refractivity contribution in [3.63, 3.8) is 0 Å². The zero-order valence-electron chi connectivity index (χ0n) is 44.0. The molecule has 4 fully saturated rings. The molecule has 2 saturated heterocycles. The second kappa shape index (κ2) is 26.5. The fourth-order valence-electron chi connectivity index (χ4n) is 11.7. The first-order chi connectivity index (χ1) is 35.2. The molecule has 2 aliphatic heterocycles. The number of halogens is 1. The van der Waals surface area contributed by atoms with Gasteiger partial charge in [-0.25, -0.2) is 0 Å². The van der Waals surface area contributed by atoms with Gasteiger partial charge in [0.1, 0.15) is 36.3 Å². The number of nitrogens with one attached hydrogen (secondary N) is 4. The third kappa shape index (κ3) is 14.7. The first-order valence-electron chi connectivity index (χ1n) is 26.7. The molecule has 4 aliphatic rings. The summed E-state index contributed by atoms with van der Waals surface area (Å²) in [6, 6.07) is 22.2. The van der Waals surface area contributed by atoms with Crippen LogP contribution in [0, 0.1) is 34.0 Å². The molecule has 0 spiro atoms. The van der Waals surface area contributed by atoms with Gasteiger partial charge < -0.3 is 54.8 Å². The molecule has 0 bridgehead atoms. The van der Waals surface area contributed by atoms with E-state index in [-0.39, 0.29) is 58.7 Å². The molecule has 2 heterocycles. The van der Waals surface area contributed by atoms with Crippen molar-refractivity contribution in [1.82, 2.24) is 25.8 Å². The maximum absolute atomic E-state index is 14.2. The second-order valence-electron chi connectivity index (χ2n) is 21.5. The van der Waals surface area contributed by atoms with Crippen molar-refractivity contribution in [2.45, 2.75) is 116 Å². The predicted octanol–water partition coefficient (Wildman–Crippen LogP) is 7.50. The SMILES string of the molecule is CN[C@@H](C)C(=O)N[C@H](C(=O)N1CC[C@@H]2CCN(CCc3ccc(OCCOCCOCCOCCNc4ccc(C(=O)NC5C(C)(C)C(Oc6ccc(C#N)c(Cl)c6)C5(C)C)cc4)cc3)C[C@@H]21)C1CCCCC1. The third-order valence-electron chi connectivity index (χ3n) is 15.8. The third-order valence-corrected chi connectivity index (χ3v) is 16.1. The number of carbonyl (C=O) groups is 3. The second-order valence-corrected chi connectivity index (χ2v) is 21.9. The van der Waals surface area contributed by atoms with Gasteiger partial charge in [0.15, 0.2) is 0 Å². The monoisotopic (exact) mass is 1030 g/mol. The number of hydrogen-bond donors (Lipinski definition) is 4. The van der Waals surface area contributed by atoms with Crippen LogP contribution < -0.4 is 30.7 Å². The van der Waals surface area contributed by atoms with Gasteiger partial charge in [0.05, 0.1) is 56.3 Å². The Hall–Kier alpha value is -4.95. The highest BCUT2D eigenvalue weighted by Gasteiger charge is 2.64. The summed E-state index contributed by atoms with van der Waals surface area (Å²) in [6.07, 6.45) is 8.33. The van der Waals surface area contributed by atoms with Crippen molar-refractivity contribution in [1.29, 1.82) is 5.26 Å². The van der Waals surface area contributed by atoms with E-state index in [1.807, 2.05) is 43.3 Å². The molecule has 16 heteroatoms. The molecule has 4 N–H and O–H groups in total. The lowest BCUT2D eigenvalue weighted by Gasteiger charge is -2.63. The van der Waals surface area contributed by atoms with E-state index in [9.17, 15) is 19.6 Å². The fourth-order valence-corrected chi connectivity index (χ4v) is 11.9. The van der Waals surface area contributed by atoms with Gasteiger partial charge in [0, 0.05) is 66.4 Å². The quantitative estimate of drug-likeness (QED) is 0.0584. The lowest BCUT2D eigenvalue weighted by molar-refractivity contribution is -0.164. The lowest BCUT2D eigenvalue weighted by Crippen LogP contribution is -2.74. The summed E-state index contributed by atoms with van der Waals surface area (Å²) in [5.41, 5.74) is 2.42. The molecule has 3 amide bonds. The van der Waals surface area contributed by atoms with Crippen LogP contribution in [0.25, 0.3) is 0 Å². The number of benzene rings is 3. The Bertz CT molecular complexity index is 2290. The molecule has 0 radical (unpaired) electrons. The Morgan fingerprint density at radius 1 is 0.808 bits per heavy atom. The zero-order chi connectivity index (χ0) is 52.0. The number of likely N-dealkylation sites (N-methyl/N-ethyl adjacent to an activating group) is 1. The largest absolute Gasteiger partial charge is 0.491 e. The normalized spacial score (nSPS) is 22.2. The molecule has 0 aromatic heterocycles. The molecule has 4 atom stereocenters. The summed E-state index contributed by atoms with van der Waals surface area (Å²) in [7, 11) is 1.78. The Morgan fingerprint density at radius 2 is 1.45 bits per heavy atom. The van der Waals surface area contributed by atoms with E-state index in [4.69, 9.17) is 35.3 Å². The predicted molar refractivity (Wildman–Crippen MR) is 284 cm³/mol. The number of anilines is 1. The van der Waals surface area contributed by atoms with Crippen LogP contribution in [0.5, 0.6) is 11.5 Å². The number of fused-ring (bicyclic) bond motifs is 1. The molecule has 2 aliphatic carbocycles. The van der Waals surface area contributed by atoms with E-state index in [1.165, 1.54) is 12.0 Å². The van der Waals surface area contributed by atoms with Crippen LogP contribution in [0.15, 0.2) is 66.7 Å². The van der Waals surface area contributed by atoms with Gasteiger partial charge in [-0.15, -0.1) is 0 Å². The van der Waals surface area contributed by atoms with E-state index in [0.29, 0.717) is 80.6 Å². The van der Waals surface area contributed by atoms with Gasteiger partial charge >= 0.3 is 0 Å². The van der Waals surface area contributed by atoms with Crippen molar-refractivity contribution in [3.8, 4) is 17.6 Å². The van der Waals surface area contributed by atoms with Crippen molar-refractivity contribution >= 4 is 35.0 Å². The number of nitriles is 1. The topological polar surface area (TPSA) is 176 Å².